The van der Waals surface area contributed by atoms with Gasteiger partial charge in [-0.05, 0) is 47.5 Å². The third kappa shape index (κ3) is 5.28. The normalized spacial score (nSPS) is 10.8. The first kappa shape index (κ1) is 18.9. The van der Waals surface area contributed by atoms with Gasteiger partial charge in [-0.1, -0.05) is 18.2 Å². The minimum Gasteiger partial charge on any atom is -0.497 e. The second-order valence-electron chi connectivity index (χ2n) is 6.31. The van der Waals surface area contributed by atoms with Crippen molar-refractivity contribution >= 4 is 0 Å². The van der Waals surface area contributed by atoms with E-state index in [1.54, 1.807) is 20.4 Å². The summed E-state index contributed by atoms with van der Waals surface area (Å²) >= 11 is 0. The van der Waals surface area contributed by atoms with Crippen molar-refractivity contribution in [3.8, 4) is 11.5 Å². The minimum absolute atomic E-state index is 0.230. The highest BCUT2D eigenvalue weighted by molar-refractivity contribution is 5.40. The number of ether oxygens (including phenoxy) is 2. The highest BCUT2D eigenvalue weighted by Crippen LogP contribution is 2.26. The molecule has 1 aromatic heterocycles. The van der Waals surface area contributed by atoms with Crippen LogP contribution in [0.25, 0.3) is 0 Å². The van der Waals surface area contributed by atoms with E-state index in [-0.39, 0.29) is 5.82 Å². The fraction of sp³-hybridized carbons (Fsp3) is 0.227. The van der Waals surface area contributed by atoms with Crippen LogP contribution in [0.2, 0.25) is 0 Å². The molecule has 0 unspecified atom stereocenters. The van der Waals surface area contributed by atoms with Crippen molar-refractivity contribution in [2.75, 3.05) is 14.2 Å². The van der Waals surface area contributed by atoms with Crippen LogP contribution in [0.3, 0.4) is 0 Å². The monoisotopic (exact) mass is 366 g/mol. The van der Waals surface area contributed by atoms with E-state index in [1.807, 2.05) is 48.7 Å². The predicted octanol–water partition coefficient (Wildman–Crippen LogP) is 4.44. The molecule has 5 heteroatoms. The van der Waals surface area contributed by atoms with Crippen molar-refractivity contribution in [3.63, 3.8) is 0 Å². The molecule has 0 N–H and O–H groups in total. The van der Waals surface area contributed by atoms with Crippen LogP contribution in [-0.4, -0.2) is 24.1 Å². The molecule has 0 amide bonds. The molecule has 27 heavy (non-hydrogen) atoms. The van der Waals surface area contributed by atoms with E-state index in [2.05, 4.69) is 9.88 Å². The Kier molecular flexibility index (Phi) is 6.39. The van der Waals surface area contributed by atoms with Crippen molar-refractivity contribution in [3.05, 3.63) is 89.5 Å². The topological polar surface area (TPSA) is 34.6 Å². The molecule has 0 spiro atoms. The van der Waals surface area contributed by atoms with E-state index in [1.165, 1.54) is 12.1 Å². The van der Waals surface area contributed by atoms with Crippen molar-refractivity contribution < 1.29 is 13.9 Å². The van der Waals surface area contributed by atoms with E-state index >= 15 is 0 Å². The maximum atomic E-state index is 13.2. The van der Waals surface area contributed by atoms with Crippen LogP contribution in [0.1, 0.15) is 16.7 Å². The van der Waals surface area contributed by atoms with Gasteiger partial charge in [0.25, 0.3) is 0 Å². The Labute approximate surface area is 159 Å². The first-order valence-corrected chi connectivity index (χ1v) is 8.74. The summed E-state index contributed by atoms with van der Waals surface area (Å²) in [5.74, 6) is 1.37. The summed E-state index contributed by atoms with van der Waals surface area (Å²) in [7, 11) is 3.31. The van der Waals surface area contributed by atoms with Crippen LogP contribution in [0.4, 0.5) is 4.39 Å². The predicted molar refractivity (Wildman–Crippen MR) is 103 cm³/mol. The van der Waals surface area contributed by atoms with Crippen LogP contribution in [0.15, 0.2) is 67.0 Å². The summed E-state index contributed by atoms with van der Waals surface area (Å²) < 4.78 is 24.1. The highest BCUT2D eigenvalue weighted by Gasteiger charge is 2.13. The summed E-state index contributed by atoms with van der Waals surface area (Å²) in [6.45, 7) is 2.05. The third-order valence-electron chi connectivity index (χ3n) is 4.33. The Balaban J connectivity index is 1.85. The molecule has 0 atom stereocenters. The fourth-order valence-corrected chi connectivity index (χ4v) is 3.01. The van der Waals surface area contributed by atoms with E-state index < -0.39 is 0 Å². The zero-order valence-electron chi connectivity index (χ0n) is 15.6. The quantitative estimate of drug-likeness (QED) is 0.590. The maximum Gasteiger partial charge on any atom is 0.123 e. The molecule has 0 fully saturated rings. The molecule has 0 saturated heterocycles. The van der Waals surface area contributed by atoms with Crippen molar-refractivity contribution in [1.82, 2.24) is 9.88 Å². The molecule has 140 valence electrons. The van der Waals surface area contributed by atoms with E-state index in [4.69, 9.17) is 9.47 Å². The number of pyridine rings is 1. The Morgan fingerprint density at radius 2 is 1.67 bits per heavy atom. The highest BCUT2D eigenvalue weighted by atomic mass is 19.1. The van der Waals surface area contributed by atoms with Crippen LogP contribution in [0.5, 0.6) is 11.5 Å². The Hall–Kier alpha value is -2.92. The van der Waals surface area contributed by atoms with Gasteiger partial charge >= 0.3 is 0 Å². The lowest BCUT2D eigenvalue weighted by molar-refractivity contribution is 0.243. The summed E-state index contributed by atoms with van der Waals surface area (Å²) in [5.41, 5.74) is 3.19. The number of hydrogen-bond donors (Lipinski definition) is 0. The number of aromatic nitrogens is 1. The standard InChI is InChI=1S/C22H23FN2O2/c1-26-21-9-10-22(27-2)19(12-21)16-25(15-18-4-3-11-24-13-18)14-17-5-7-20(23)8-6-17/h3-13H,14-16H2,1-2H3. The van der Waals surface area contributed by atoms with Crippen molar-refractivity contribution in [2.45, 2.75) is 19.6 Å². The molecule has 4 nitrogen and oxygen atoms in total. The molecule has 0 aliphatic carbocycles. The van der Waals surface area contributed by atoms with Crippen LogP contribution in [0, 0.1) is 5.82 Å². The van der Waals surface area contributed by atoms with Gasteiger partial charge in [0.2, 0.25) is 0 Å². The first-order valence-electron chi connectivity index (χ1n) is 8.74. The summed E-state index contributed by atoms with van der Waals surface area (Å²) in [6.07, 6.45) is 3.62. The molecule has 3 aromatic rings. The second-order valence-corrected chi connectivity index (χ2v) is 6.31. The number of halogens is 1. The molecule has 0 bridgehead atoms. The number of rotatable bonds is 8. The van der Waals surface area contributed by atoms with E-state index in [9.17, 15) is 4.39 Å². The molecule has 2 aromatic carbocycles. The molecular weight excluding hydrogens is 343 g/mol. The molecule has 0 aliphatic heterocycles. The van der Waals surface area contributed by atoms with Gasteiger partial charge in [0, 0.05) is 37.6 Å². The average molecular weight is 366 g/mol. The summed E-state index contributed by atoms with van der Waals surface area (Å²) in [6, 6.07) is 16.4. The van der Waals surface area contributed by atoms with Gasteiger partial charge in [0.15, 0.2) is 0 Å². The SMILES string of the molecule is COc1ccc(OC)c(CN(Cc2ccc(F)cc2)Cc2cccnc2)c1. The van der Waals surface area contributed by atoms with Crippen LogP contribution >= 0.6 is 0 Å². The lowest BCUT2D eigenvalue weighted by atomic mass is 10.1. The van der Waals surface area contributed by atoms with Gasteiger partial charge in [-0.2, -0.15) is 0 Å². The lowest BCUT2D eigenvalue weighted by Crippen LogP contribution is -2.23. The average Bonchev–Trinajstić information content (AvgIpc) is 2.70. The van der Waals surface area contributed by atoms with Gasteiger partial charge < -0.3 is 9.47 Å². The lowest BCUT2D eigenvalue weighted by Gasteiger charge is -2.24. The molecule has 3 rings (SSSR count). The number of hydrogen-bond acceptors (Lipinski definition) is 4. The van der Waals surface area contributed by atoms with E-state index in [0.29, 0.717) is 19.6 Å². The van der Waals surface area contributed by atoms with E-state index in [0.717, 1.165) is 28.2 Å². The number of benzene rings is 2. The summed E-state index contributed by atoms with van der Waals surface area (Å²) in [4.78, 5) is 6.47. The van der Waals surface area contributed by atoms with Gasteiger partial charge in [-0.25, -0.2) is 4.39 Å². The molecule has 0 radical (unpaired) electrons. The van der Waals surface area contributed by atoms with Gasteiger partial charge in [0.05, 0.1) is 14.2 Å². The Morgan fingerprint density at radius 1 is 0.889 bits per heavy atom. The van der Waals surface area contributed by atoms with Crippen molar-refractivity contribution in [1.29, 1.82) is 0 Å². The molecule has 0 saturated carbocycles. The van der Waals surface area contributed by atoms with Gasteiger partial charge in [-0.3, -0.25) is 9.88 Å². The molecule has 1 heterocycles. The van der Waals surface area contributed by atoms with Crippen LogP contribution < -0.4 is 9.47 Å². The zero-order chi connectivity index (χ0) is 19.1. The molecular formula is C22H23FN2O2. The number of methoxy groups -OCH3 is 2. The number of nitrogens with zero attached hydrogens (tertiary/aromatic N) is 2. The summed E-state index contributed by atoms with van der Waals surface area (Å²) in [5, 5.41) is 0. The van der Waals surface area contributed by atoms with Crippen LogP contribution in [-0.2, 0) is 19.6 Å². The first-order chi connectivity index (χ1) is 13.2. The Morgan fingerprint density at radius 3 is 2.33 bits per heavy atom. The smallest absolute Gasteiger partial charge is 0.123 e. The molecule has 0 aliphatic rings. The maximum absolute atomic E-state index is 13.2. The van der Waals surface area contributed by atoms with Gasteiger partial charge in [0.1, 0.15) is 17.3 Å². The minimum atomic E-state index is -0.230. The zero-order valence-corrected chi connectivity index (χ0v) is 15.6. The largest absolute Gasteiger partial charge is 0.497 e. The second kappa shape index (κ2) is 9.14. The Bertz CT molecular complexity index is 854. The van der Waals surface area contributed by atoms with Crippen molar-refractivity contribution in [2.24, 2.45) is 0 Å². The fourth-order valence-electron chi connectivity index (χ4n) is 3.01. The third-order valence-corrected chi connectivity index (χ3v) is 4.33. The van der Waals surface area contributed by atoms with Gasteiger partial charge in [-0.15, -0.1) is 0 Å².